The van der Waals surface area contributed by atoms with Gasteiger partial charge in [0.2, 0.25) is 5.95 Å². The molecule has 0 bridgehead atoms. The van der Waals surface area contributed by atoms with Crippen molar-refractivity contribution >= 4 is 21.6 Å². The first-order valence-corrected chi connectivity index (χ1v) is 6.92. The van der Waals surface area contributed by atoms with E-state index in [1.807, 2.05) is 0 Å². The Balaban J connectivity index is 2.42. The topological polar surface area (TPSA) is 85.2 Å². The number of amidine groups is 1. The van der Waals surface area contributed by atoms with Crippen molar-refractivity contribution in [2.45, 2.75) is 0 Å². The van der Waals surface area contributed by atoms with Crippen LogP contribution in [0, 0.1) is 0 Å². The zero-order valence-corrected chi connectivity index (χ0v) is 10.8. The van der Waals surface area contributed by atoms with Crippen molar-refractivity contribution in [3.8, 4) is 0 Å². The number of nitrogens with one attached hydrogen (secondary N) is 1. The summed E-state index contributed by atoms with van der Waals surface area (Å²) in [6, 6.07) is 7.88. The molecule has 108 valence electrons. The Kier molecular flexibility index (Phi) is 3.86. The summed E-state index contributed by atoms with van der Waals surface area (Å²) in [5, 5.41) is 2.90. The summed E-state index contributed by atoms with van der Waals surface area (Å²) in [7, 11) is -4.42. The molecule has 1 aromatic rings. The third-order valence-corrected chi connectivity index (χ3v) is 2.87. The van der Waals surface area contributed by atoms with Crippen LogP contribution in [0.2, 0.25) is 0 Å². The van der Waals surface area contributed by atoms with E-state index in [0.717, 1.165) is 11.0 Å². The monoisotopic (exact) mass is 304 g/mol. The van der Waals surface area contributed by atoms with Gasteiger partial charge in [0.05, 0.1) is 0 Å². The molecule has 7 nitrogen and oxygen atoms in total. The lowest BCUT2D eigenvalue weighted by Gasteiger charge is -2.25. The number of halogens is 2. The van der Waals surface area contributed by atoms with Crippen LogP contribution in [0.4, 0.5) is 14.6 Å². The van der Waals surface area contributed by atoms with E-state index >= 15 is 0 Å². The van der Waals surface area contributed by atoms with Crippen LogP contribution in [-0.4, -0.2) is 30.0 Å². The maximum absolute atomic E-state index is 13.1. The molecule has 0 aromatic heterocycles. The molecule has 0 atom stereocenters. The largest absolute Gasteiger partial charge is 0.307 e. The minimum absolute atomic E-state index is 0.295. The molecule has 1 aromatic carbocycles. The fourth-order valence-electron chi connectivity index (χ4n) is 1.55. The number of rotatable bonds is 3. The van der Waals surface area contributed by atoms with Crippen molar-refractivity contribution in [3.63, 3.8) is 0 Å². The number of anilines is 1. The quantitative estimate of drug-likeness (QED) is 0.495. The molecule has 2 N–H and O–H groups in total. The molecular weight excluding hydrogens is 294 g/mol. The first-order valence-electron chi connectivity index (χ1n) is 5.31. The van der Waals surface area contributed by atoms with Crippen LogP contribution in [0.1, 0.15) is 0 Å². The van der Waals surface area contributed by atoms with Crippen molar-refractivity contribution in [1.82, 2.24) is 10.8 Å². The molecule has 1 aliphatic heterocycles. The second-order valence-electron chi connectivity index (χ2n) is 3.80. The molecule has 10 heteroatoms. The number of nitrogens with zero attached hydrogens (tertiary/aromatic N) is 3. The molecule has 0 spiro atoms. The van der Waals surface area contributed by atoms with Gasteiger partial charge in [0.25, 0.3) is 10.1 Å². The zero-order chi connectivity index (χ0) is 14.8. The SMILES string of the molecule is O=S(=O)(O)CN(C1=NN(F)NC(F)=C1)c1ccccc1. The van der Waals surface area contributed by atoms with Crippen LogP contribution >= 0.6 is 0 Å². The van der Waals surface area contributed by atoms with Crippen LogP contribution in [-0.2, 0) is 10.1 Å². The number of hydrazine groups is 1. The summed E-state index contributed by atoms with van der Waals surface area (Å²) < 4.78 is 57.2. The van der Waals surface area contributed by atoms with Crippen LogP contribution in [0.5, 0.6) is 0 Å². The van der Waals surface area contributed by atoms with E-state index in [9.17, 15) is 17.3 Å². The van der Waals surface area contributed by atoms with E-state index in [-0.39, 0.29) is 5.84 Å². The normalized spacial score (nSPS) is 15.2. The molecule has 0 saturated heterocycles. The predicted octanol–water partition coefficient (Wildman–Crippen LogP) is 1.17. The zero-order valence-electron chi connectivity index (χ0n) is 9.94. The van der Waals surface area contributed by atoms with Gasteiger partial charge in [-0.15, -0.1) is 5.10 Å². The third kappa shape index (κ3) is 3.65. The summed E-state index contributed by atoms with van der Waals surface area (Å²) in [6.07, 6.45) is 0.800. The molecule has 20 heavy (non-hydrogen) atoms. The Bertz CT molecular complexity index is 648. The summed E-state index contributed by atoms with van der Waals surface area (Å²) in [5.74, 6) is -2.28. The van der Waals surface area contributed by atoms with Gasteiger partial charge in [0.1, 0.15) is 0 Å². The third-order valence-electron chi connectivity index (χ3n) is 2.28. The lowest BCUT2D eigenvalue weighted by atomic mass is 10.3. The van der Waals surface area contributed by atoms with Crippen molar-refractivity contribution < 1.29 is 21.8 Å². The first-order chi connectivity index (χ1) is 9.35. The lowest BCUT2D eigenvalue weighted by Crippen LogP contribution is -2.40. The van der Waals surface area contributed by atoms with Gasteiger partial charge in [0.15, 0.2) is 11.7 Å². The maximum atomic E-state index is 13.1. The van der Waals surface area contributed by atoms with E-state index in [1.165, 1.54) is 12.1 Å². The fourth-order valence-corrected chi connectivity index (χ4v) is 2.16. The first kappa shape index (κ1) is 14.2. The molecule has 0 fully saturated rings. The van der Waals surface area contributed by atoms with Gasteiger partial charge in [0, 0.05) is 11.8 Å². The molecular formula is C10H10F2N4O3S. The van der Waals surface area contributed by atoms with Crippen LogP contribution in [0.25, 0.3) is 0 Å². The smallest absolute Gasteiger partial charge is 0.283 e. The summed E-state index contributed by atoms with van der Waals surface area (Å²) in [5.41, 5.74) is 1.91. The Labute approximate surface area is 113 Å². The van der Waals surface area contributed by atoms with Crippen LogP contribution < -0.4 is 10.3 Å². The molecule has 1 heterocycles. The van der Waals surface area contributed by atoms with Crippen LogP contribution in [0.3, 0.4) is 0 Å². The standard InChI is InChI=1S/C10H10F2N4O3S/c11-9-6-10(14-16(12)13-9)15(7-20(17,18)19)8-4-2-1-3-5-8/h1-6,13H,7H2,(H,17,18,19). The van der Waals surface area contributed by atoms with Gasteiger partial charge in [-0.3, -0.25) is 4.55 Å². The molecule has 0 radical (unpaired) electrons. The van der Waals surface area contributed by atoms with Gasteiger partial charge in [-0.2, -0.15) is 12.8 Å². The summed E-state index contributed by atoms with van der Waals surface area (Å²) >= 11 is 0. The van der Waals surface area contributed by atoms with E-state index in [4.69, 9.17) is 4.55 Å². The number of hydrogen-bond acceptors (Lipinski definition) is 6. The Hall–Kier alpha value is -2.20. The Morgan fingerprint density at radius 3 is 2.55 bits per heavy atom. The highest BCUT2D eigenvalue weighted by atomic mass is 32.2. The molecule has 2 rings (SSSR count). The van der Waals surface area contributed by atoms with Gasteiger partial charge >= 0.3 is 0 Å². The average molecular weight is 304 g/mol. The highest BCUT2D eigenvalue weighted by molar-refractivity contribution is 7.85. The van der Waals surface area contributed by atoms with Crippen LogP contribution in [0.15, 0.2) is 47.5 Å². The van der Waals surface area contributed by atoms with Crippen molar-refractivity contribution in [2.75, 3.05) is 10.8 Å². The molecule has 0 unspecified atom stereocenters. The lowest BCUT2D eigenvalue weighted by molar-refractivity contribution is -0.0277. The van der Waals surface area contributed by atoms with Crippen molar-refractivity contribution in [1.29, 1.82) is 0 Å². The summed E-state index contributed by atoms with van der Waals surface area (Å²) in [4.78, 5) is 0.947. The van der Waals surface area contributed by atoms with Gasteiger partial charge in [-0.25, -0.2) is 5.43 Å². The van der Waals surface area contributed by atoms with E-state index in [1.54, 1.807) is 23.6 Å². The second-order valence-corrected chi connectivity index (χ2v) is 5.22. The summed E-state index contributed by atoms with van der Waals surface area (Å²) in [6.45, 7) is 0. The van der Waals surface area contributed by atoms with Gasteiger partial charge in [-0.1, -0.05) is 22.7 Å². The molecule has 0 amide bonds. The highest BCUT2D eigenvalue weighted by Crippen LogP contribution is 2.18. The van der Waals surface area contributed by atoms with Gasteiger partial charge in [-0.05, 0) is 17.5 Å². The van der Waals surface area contributed by atoms with E-state index in [2.05, 4.69) is 5.10 Å². The maximum Gasteiger partial charge on any atom is 0.283 e. The number of hydrazone groups is 1. The van der Waals surface area contributed by atoms with E-state index < -0.39 is 27.3 Å². The number of para-hydroxylation sites is 1. The molecule has 0 aliphatic carbocycles. The van der Waals surface area contributed by atoms with Gasteiger partial charge < -0.3 is 4.90 Å². The minimum Gasteiger partial charge on any atom is -0.307 e. The Morgan fingerprint density at radius 2 is 2.00 bits per heavy atom. The predicted molar refractivity (Wildman–Crippen MR) is 68.0 cm³/mol. The second kappa shape index (κ2) is 5.43. The number of hydrogen-bond donors (Lipinski definition) is 2. The fraction of sp³-hybridized carbons (Fsp3) is 0.100. The Morgan fingerprint density at radius 1 is 1.35 bits per heavy atom. The number of benzene rings is 1. The van der Waals surface area contributed by atoms with E-state index in [0.29, 0.717) is 5.69 Å². The minimum atomic E-state index is -4.42. The molecule has 0 saturated carbocycles. The van der Waals surface area contributed by atoms with Crippen molar-refractivity contribution in [2.24, 2.45) is 5.10 Å². The highest BCUT2D eigenvalue weighted by Gasteiger charge is 2.23. The average Bonchev–Trinajstić information content (AvgIpc) is 2.35. The van der Waals surface area contributed by atoms with Crippen molar-refractivity contribution in [3.05, 3.63) is 42.4 Å². The molecule has 1 aliphatic rings.